The van der Waals surface area contributed by atoms with Crippen molar-refractivity contribution in [3.63, 3.8) is 0 Å². The smallest absolute Gasteiger partial charge is 0.351 e. The fraction of sp³-hybridized carbons (Fsp3) is 0.815. The van der Waals surface area contributed by atoms with Crippen molar-refractivity contribution in [2.24, 2.45) is 0 Å². The topological polar surface area (TPSA) is 137 Å². The minimum Gasteiger partial charge on any atom is -0.457 e. The second-order valence-electron chi connectivity index (χ2n) is 9.93. The number of aliphatic hydroxyl groups excluding tert-OH is 2. The highest BCUT2D eigenvalue weighted by atomic mass is 35.5. The monoisotopic (exact) mass is 545 g/mol. The summed E-state index contributed by atoms with van der Waals surface area (Å²) in [6.45, 7) is 1.80. The Bertz CT molecular complexity index is 809. The van der Waals surface area contributed by atoms with Crippen LogP contribution in [0.5, 0.6) is 0 Å². The van der Waals surface area contributed by atoms with Gasteiger partial charge in [0.1, 0.15) is 18.0 Å². The van der Waals surface area contributed by atoms with Crippen LogP contribution in [0.4, 0.5) is 5.82 Å². The number of aromatic nitrogens is 2. The van der Waals surface area contributed by atoms with Crippen LogP contribution >= 0.6 is 12.4 Å². The molecule has 10 heteroatoms. The molecule has 214 valence electrons. The number of halogens is 1. The lowest BCUT2D eigenvalue weighted by Crippen LogP contribution is -2.39. The zero-order valence-corrected chi connectivity index (χ0v) is 23.2. The number of anilines is 1. The van der Waals surface area contributed by atoms with Gasteiger partial charge in [-0.25, -0.2) is 4.79 Å². The molecule has 1 aliphatic heterocycles. The highest BCUT2D eigenvalue weighted by molar-refractivity contribution is 5.85. The fourth-order valence-corrected chi connectivity index (χ4v) is 4.71. The number of carbonyl (C=O) groups excluding carboxylic acids is 1. The van der Waals surface area contributed by atoms with Crippen LogP contribution in [0.1, 0.15) is 116 Å². The van der Waals surface area contributed by atoms with Gasteiger partial charge in [0.15, 0.2) is 12.3 Å². The number of unbranched alkanes of at least 4 members (excludes halogenated alkanes) is 14. The molecule has 1 saturated heterocycles. The summed E-state index contributed by atoms with van der Waals surface area (Å²) in [5, 5.41) is 20.2. The predicted octanol–water partition coefficient (Wildman–Crippen LogP) is 4.67. The molecule has 0 saturated carbocycles. The van der Waals surface area contributed by atoms with E-state index in [2.05, 4.69) is 11.9 Å². The van der Waals surface area contributed by atoms with Crippen LogP contribution in [0.3, 0.4) is 0 Å². The maximum atomic E-state index is 12.3. The molecule has 1 aliphatic rings. The zero-order chi connectivity index (χ0) is 26.2. The second-order valence-corrected chi connectivity index (χ2v) is 9.93. The van der Waals surface area contributed by atoms with Crippen LogP contribution in [-0.2, 0) is 14.3 Å². The number of aliphatic hydroxyl groups is 2. The van der Waals surface area contributed by atoms with E-state index in [-0.39, 0.29) is 24.6 Å². The molecule has 0 radical (unpaired) electrons. The molecule has 0 aliphatic carbocycles. The van der Waals surface area contributed by atoms with E-state index in [0.29, 0.717) is 0 Å². The number of rotatable bonds is 19. The third-order valence-electron chi connectivity index (χ3n) is 6.87. The zero-order valence-electron chi connectivity index (χ0n) is 22.4. The molecule has 0 spiro atoms. The van der Waals surface area contributed by atoms with E-state index < -0.39 is 42.8 Å². The maximum absolute atomic E-state index is 12.3. The van der Waals surface area contributed by atoms with E-state index in [9.17, 15) is 19.8 Å². The van der Waals surface area contributed by atoms with Gasteiger partial charge in [-0.3, -0.25) is 9.36 Å². The Morgan fingerprint density at radius 3 is 2.00 bits per heavy atom. The van der Waals surface area contributed by atoms with Crippen molar-refractivity contribution in [2.75, 3.05) is 12.3 Å². The van der Waals surface area contributed by atoms with Gasteiger partial charge in [-0.2, -0.15) is 4.98 Å². The molecule has 2 heterocycles. The Hall–Kier alpha value is -1.68. The van der Waals surface area contributed by atoms with Crippen molar-refractivity contribution < 1.29 is 24.5 Å². The molecule has 0 amide bonds. The van der Waals surface area contributed by atoms with Crippen molar-refractivity contribution in [1.82, 2.24) is 9.55 Å². The second kappa shape index (κ2) is 19.4. The van der Waals surface area contributed by atoms with E-state index in [1.165, 1.54) is 89.3 Å². The molecule has 4 atom stereocenters. The third-order valence-corrected chi connectivity index (χ3v) is 6.87. The van der Waals surface area contributed by atoms with Crippen LogP contribution in [-0.4, -0.2) is 50.7 Å². The largest absolute Gasteiger partial charge is 0.457 e. The molecule has 0 aromatic carbocycles. The summed E-state index contributed by atoms with van der Waals surface area (Å²) in [5.74, 6) is -0.395. The first-order valence-electron chi connectivity index (χ1n) is 14.0. The highest BCUT2D eigenvalue weighted by Gasteiger charge is 2.47. The molecule has 0 unspecified atom stereocenters. The van der Waals surface area contributed by atoms with Gasteiger partial charge in [-0.05, 0) is 12.5 Å². The number of nitrogens with zero attached hydrogens (tertiary/aromatic N) is 2. The van der Waals surface area contributed by atoms with Gasteiger partial charge in [0, 0.05) is 12.6 Å². The number of esters is 1. The third kappa shape index (κ3) is 12.1. The summed E-state index contributed by atoms with van der Waals surface area (Å²) >= 11 is 0. The summed E-state index contributed by atoms with van der Waals surface area (Å²) in [5.41, 5.74) is 4.81. The SMILES string of the molecule is CCCCCCCCCCCCCCCCCC(=O)O[C@H]1[C@H](O)[C@H](n2ccc(N)nc2=O)O[C@@H]1CO.Cl. The Labute approximate surface area is 227 Å². The molecular weight excluding hydrogens is 498 g/mol. The van der Waals surface area contributed by atoms with E-state index in [4.69, 9.17) is 15.2 Å². The Morgan fingerprint density at radius 2 is 1.51 bits per heavy atom. The Morgan fingerprint density at radius 1 is 1.00 bits per heavy atom. The summed E-state index contributed by atoms with van der Waals surface area (Å²) in [6.07, 6.45) is 15.9. The first kappa shape index (κ1) is 33.3. The van der Waals surface area contributed by atoms with Gasteiger partial charge >= 0.3 is 11.7 Å². The molecule has 0 bridgehead atoms. The molecule has 1 aromatic heterocycles. The number of carbonyl (C=O) groups is 1. The van der Waals surface area contributed by atoms with E-state index in [1.807, 2.05) is 0 Å². The van der Waals surface area contributed by atoms with Crippen LogP contribution in [0.2, 0.25) is 0 Å². The minimum absolute atomic E-state index is 0. The molecule has 9 nitrogen and oxygen atoms in total. The summed E-state index contributed by atoms with van der Waals surface area (Å²) in [7, 11) is 0. The lowest BCUT2D eigenvalue weighted by molar-refractivity contribution is -0.156. The standard InChI is InChI=1S/C27H47N3O6.ClH/c1-2-3-4-5-6-7-8-9-10-11-12-13-14-15-16-17-23(32)36-25-21(20-31)35-26(24(25)33)30-19-18-22(28)29-27(30)34;/h18-19,21,24-26,31,33H,2-17,20H2,1H3,(H2,28,29,34);1H/t21-,24+,25-,26-;/m1./s1. The van der Waals surface area contributed by atoms with Crippen LogP contribution in [0.25, 0.3) is 0 Å². The average Bonchev–Trinajstić information content (AvgIpc) is 3.16. The highest BCUT2D eigenvalue weighted by Crippen LogP contribution is 2.31. The molecule has 1 aromatic rings. The van der Waals surface area contributed by atoms with Gasteiger partial charge in [0.05, 0.1) is 6.61 Å². The number of nitrogens with two attached hydrogens (primary N) is 1. The van der Waals surface area contributed by atoms with E-state index in [0.717, 1.165) is 23.8 Å². The van der Waals surface area contributed by atoms with E-state index in [1.54, 1.807) is 0 Å². The van der Waals surface area contributed by atoms with Crippen molar-refractivity contribution >= 4 is 24.2 Å². The number of nitrogen functional groups attached to an aromatic ring is 1. The normalized spacial score (nSPS) is 21.1. The van der Waals surface area contributed by atoms with Crippen LogP contribution in [0.15, 0.2) is 17.1 Å². The van der Waals surface area contributed by atoms with Crippen molar-refractivity contribution in [3.8, 4) is 0 Å². The maximum Gasteiger partial charge on any atom is 0.351 e. The minimum atomic E-state index is -1.31. The molecule has 4 N–H and O–H groups in total. The lowest BCUT2D eigenvalue weighted by Gasteiger charge is -2.20. The van der Waals surface area contributed by atoms with Gasteiger partial charge in [-0.15, -0.1) is 12.4 Å². The van der Waals surface area contributed by atoms with E-state index >= 15 is 0 Å². The number of ether oxygens (including phenoxy) is 2. The van der Waals surface area contributed by atoms with Crippen molar-refractivity contribution in [2.45, 2.75) is 134 Å². The Balaban J connectivity index is 0.00000684. The lowest BCUT2D eigenvalue weighted by atomic mass is 10.0. The summed E-state index contributed by atoms with van der Waals surface area (Å²) in [6, 6.07) is 1.40. The van der Waals surface area contributed by atoms with Gasteiger partial charge in [0.2, 0.25) is 0 Å². The molecular formula is C27H48ClN3O6. The summed E-state index contributed by atoms with van der Waals surface area (Å²) in [4.78, 5) is 28.0. The molecule has 1 fully saturated rings. The number of hydrogen-bond acceptors (Lipinski definition) is 8. The predicted molar refractivity (Wildman–Crippen MR) is 147 cm³/mol. The number of hydrogen-bond donors (Lipinski definition) is 3. The average molecular weight is 546 g/mol. The Kier molecular flexibility index (Phi) is 17.5. The molecule has 37 heavy (non-hydrogen) atoms. The van der Waals surface area contributed by atoms with Gasteiger partial charge in [-0.1, -0.05) is 96.8 Å². The van der Waals surface area contributed by atoms with Crippen LogP contribution < -0.4 is 11.4 Å². The van der Waals surface area contributed by atoms with Crippen LogP contribution in [0, 0.1) is 0 Å². The first-order valence-corrected chi connectivity index (χ1v) is 14.0. The van der Waals surface area contributed by atoms with Gasteiger partial charge in [0.25, 0.3) is 0 Å². The quantitative estimate of drug-likeness (QED) is 0.168. The first-order chi connectivity index (χ1) is 17.5. The van der Waals surface area contributed by atoms with Gasteiger partial charge < -0.3 is 25.4 Å². The summed E-state index contributed by atoms with van der Waals surface area (Å²) < 4.78 is 12.1. The molecule has 2 rings (SSSR count). The van der Waals surface area contributed by atoms with Crippen molar-refractivity contribution in [1.29, 1.82) is 0 Å². The van der Waals surface area contributed by atoms with Crippen molar-refractivity contribution in [3.05, 3.63) is 22.7 Å². The fourth-order valence-electron chi connectivity index (χ4n) is 4.71.